The van der Waals surface area contributed by atoms with Crippen LogP contribution in [0.4, 0.5) is 0 Å². The van der Waals surface area contributed by atoms with E-state index in [1.807, 2.05) is 31.2 Å². The maximum absolute atomic E-state index is 12.4. The van der Waals surface area contributed by atoms with Crippen LogP contribution in [0.25, 0.3) is 0 Å². The highest BCUT2D eigenvalue weighted by molar-refractivity contribution is 5.94. The predicted octanol–water partition coefficient (Wildman–Crippen LogP) is 2.59. The fourth-order valence-corrected chi connectivity index (χ4v) is 2.84. The Morgan fingerprint density at radius 1 is 1.07 bits per heavy atom. The molecular weight excluding hydrogens is 362 g/mol. The second-order valence-electron chi connectivity index (χ2n) is 6.51. The highest BCUT2D eigenvalue weighted by atomic mass is 16.6. The zero-order valence-corrected chi connectivity index (χ0v) is 16.2. The topological polar surface area (TPSA) is 74.3 Å². The van der Waals surface area contributed by atoms with E-state index in [9.17, 15) is 9.59 Å². The Morgan fingerprint density at radius 3 is 2.57 bits per heavy atom. The SMILES string of the molecule is COc1ccc(C)cc1C(=O)OCC(=O)N(C)Cc1ccc2c(c1)OCCO2. The Hall–Kier alpha value is -3.22. The summed E-state index contributed by atoms with van der Waals surface area (Å²) in [7, 11) is 3.13. The van der Waals surface area contributed by atoms with E-state index >= 15 is 0 Å². The monoisotopic (exact) mass is 385 g/mol. The van der Waals surface area contributed by atoms with Crippen LogP contribution in [-0.4, -0.2) is 50.8 Å². The average molecular weight is 385 g/mol. The maximum atomic E-state index is 12.4. The van der Waals surface area contributed by atoms with Gasteiger partial charge in [-0.05, 0) is 36.8 Å². The van der Waals surface area contributed by atoms with Gasteiger partial charge in [0.15, 0.2) is 18.1 Å². The molecule has 3 rings (SSSR count). The minimum atomic E-state index is -0.596. The summed E-state index contributed by atoms with van der Waals surface area (Å²) in [6.07, 6.45) is 0. The molecule has 1 heterocycles. The molecule has 0 atom stereocenters. The van der Waals surface area contributed by atoms with E-state index in [2.05, 4.69) is 0 Å². The molecule has 28 heavy (non-hydrogen) atoms. The van der Waals surface area contributed by atoms with Gasteiger partial charge in [-0.3, -0.25) is 4.79 Å². The molecule has 2 aromatic carbocycles. The molecule has 0 aliphatic carbocycles. The van der Waals surface area contributed by atoms with Crippen LogP contribution in [0.5, 0.6) is 17.2 Å². The molecule has 148 valence electrons. The van der Waals surface area contributed by atoms with Gasteiger partial charge in [-0.2, -0.15) is 0 Å². The summed E-state index contributed by atoms with van der Waals surface area (Å²) < 4.78 is 21.4. The van der Waals surface area contributed by atoms with Gasteiger partial charge >= 0.3 is 5.97 Å². The Balaban J connectivity index is 1.57. The van der Waals surface area contributed by atoms with Gasteiger partial charge in [-0.15, -0.1) is 0 Å². The second-order valence-corrected chi connectivity index (χ2v) is 6.51. The van der Waals surface area contributed by atoms with Gasteiger partial charge in [0, 0.05) is 13.6 Å². The fraction of sp³-hybridized carbons (Fsp3) is 0.333. The van der Waals surface area contributed by atoms with Crippen molar-refractivity contribution in [3.05, 3.63) is 53.1 Å². The minimum Gasteiger partial charge on any atom is -0.496 e. The van der Waals surface area contributed by atoms with E-state index in [-0.39, 0.29) is 12.5 Å². The first-order valence-corrected chi connectivity index (χ1v) is 8.92. The molecule has 1 aliphatic rings. The number of esters is 1. The van der Waals surface area contributed by atoms with Crippen LogP contribution in [0.1, 0.15) is 21.5 Å². The summed E-state index contributed by atoms with van der Waals surface area (Å²) in [5, 5.41) is 0. The van der Waals surface area contributed by atoms with Crippen molar-refractivity contribution >= 4 is 11.9 Å². The quantitative estimate of drug-likeness (QED) is 0.712. The number of hydrogen-bond donors (Lipinski definition) is 0. The van der Waals surface area contributed by atoms with Crippen molar-refractivity contribution in [3.63, 3.8) is 0 Å². The van der Waals surface area contributed by atoms with Gasteiger partial charge < -0.3 is 23.8 Å². The first kappa shape index (κ1) is 19.5. The number of benzene rings is 2. The first-order chi connectivity index (χ1) is 13.5. The van der Waals surface area contributed by atoms with Gasteiger partial charge in [0.2, 0.25) is 0 Å². The molecule has 0 N–H and O–H groups in total. The van der Waals surface area contributed by atoms with Crippen LogP contribution in [0.3, 0.4) is 0 Å². The lowest BCUT2D eigenvalue weighted by atomic mass is 10.1. The number of ether oxygens (including phenoxy) is 4. The second kappa shape index (κ2) is 8.65. The van der Waals surface area contributed by atoms with Crippen LogP contribution < -0.4 is 14.2 Å². The van der Waals surface area contributed by atoms with Gasteiger partial charge in [0.25, 0.3) is 5.91 Å². The van der Waals surface area contributed by atoms with E-state index in [4.69, 9.17) is 18.9 Å². The van der Waals surface area contributed by atoms with Crippen LogP contribution >= 0.6 is 0 Å². The molecular formula is C21H23NO6. The van der Waals surface area contributed by atoms with Crippen molar-refractivity contribution < 1.29 is 28.5 Å². The standard InChI is InChI=1S/C21H23NO6/c1-14-4-6-17(25-3)16(10-14)21(24)28-13-20(23)22(2)12-15-5-7-18-19(11-15)27-9-8-26-18/h4-7,10-11H,8-9,12-13H2,1-3H3. The Labute approximate surface area is 163 Å². The number of aryl methyl sites for hydroxylation is 1. The Kier molecular flexibility index (Phi) is 6.03. The van der Waals surface area contributed by atoms with Crippen molar-refractivity contribution in [3.8, 4) is 17.2 Å². The van der Waals surface area contributed by atoms with Crippen LogP contribution in [0.15, 0.2) is 36.4 Å². The summed E-state index contributed by atoms with van der Waals surface area (Å²) in [5.41, 5.74) is 2.09. The van der Waals surface area contributed by atoms with Crippen LogP contribution in [0, 0.1) is 6.92 Å². The molecule has 0 bridgehead atoms. The summed E-state index contributed by atoms with van der Waals surface area (Å²) >= 11 is 0. The number of rotatable bonds is 6. The van der Waals surface area contributed by atoms with E-state index in [1.165, 1.54) is 12.0 Å². The molecule has 0 aromatic heterocycles. The number of amides is 1. The van der Waals surface area contributed by atoms with E-state index in [0.717, 1.165) is 11.1 Å². The molecule has 0 spiro atoms. The van der Waals surface area contributed by atoms with Crippen molar-refractivity contribution in [2.75, 3.05) is 34.0 Å². The summed E-state index contributed by atoms with van der Waals surface area (Å²) in [5.74, 6) is 0.872. The predicted molar refractivity (Wildman–Crippen MR) is 102 cm³/mol. The lowest BCUT2D eigenvalue weighted by molar-refractivity contribution is -0.133. The van der Waals surface area contributed by atoms with Gasteiger partial charge in [-0.25, -0.2) is 4.79 Å². The van der Waals surface area contributed by atoms with Crippen molar-refractivity contribution in [2.24, 2.45) is 0 Å². The normalized spacial score (nSPS) is 12.2. The summed E-state index contributed by atoms with van der Waals surface area (Å²) in [4.78, 5) is 26.2. The Morgan fingerprint density at radius 2 is 1.82 bits per heavy atom. The third-order valence-electron chi connectivity index (χ3n) is 4.35. The summed E-state index contributed by atoms with van der Waals surface area (Å²) in [6, 6.07) is 10.8. The molecule has 7 nitrogen and oxygen atoms in total. The third-order valence-corrected chi connectivity index (χ3v) is 4.35. The lowest BCUT2D eigenvalue weighted by Gasteiger charge is -2.21. The first-order valence-electron chi connectivity index (χ1n) is 8.92. The molecule has 1 aliphatic heterocycles. The van der Waals surface area contributed by atoms with Crippen LogP contribution in [-0.2, 0) is 16.1 Å². The number of fused-ring (bicyclic) bond motifs is 1. The maximum Gasteiger partial charge on any atom is 0.342 e. The van der Waals surface area contributed by atoms with E-state index in [1.54, 1.807) is 19.2 Å². The fourth-order valence-electron chi connectivity index (χ4n) is 2.84. The zero-order valence-electron chi connectivity index (χ0n) is 16.2. The number of methoxy groups -OCH3 is 1. The zero-order chi connectivity index (χ0) is 20.1. The van der Waals surface area contributed by atoms with E-state index < -0.39 is 5.97 Å². The molecule has 2 aromatic rings. The molecule has 0 saturated carbocycles. The molecule has 0 radical (unpaired) electrons. The number of hydrogen-bond acceptors (Lipinski definition) is 6. The highest BCUT2D eigenvalue weighted by Gasteiger charge is 2.18. The number of carbonyl (C=O) groups excluding carboxylic acids is 2. The third kappa shape index (κ3) is 4.54. The molecule has 1 amide bonds. The number of carbonyl (C=O) groups is 2. The van der Waals surface area contributed by atoms with Gasteiger partial charge in [0.1, 0.15) is 24.5 Å². The molecule has 0 fully saturated rings. The number of likely N-dealkylation sites (N-methyl/N-ethyl adjacent to an activating group) is 1. The van der Waals surface area contributed by atoms with Gasteiger partial charge in [0.05, 0.1) is 7.11 Å². The number of nitrogens with zero attached hydrogens (tertiary/aromatic N) is 1. The van der Waals surface area contributed by atoms with E-state index in [0.29, 0.717) is 42.6 Å². The minimum absolute atomic E-state index is 0.296. The van der Waals surface area contributed by atoms with Crippen molar-refractivity contribution in [2.45, 2.75) is 13.5 Å². The largest absolute Gasteiger partial charge is 0.496 e. The molecule has 0 saturated heterocycles. The van der Waals surface area contributed by atoms with Crippen molar-refractivity contribution in [1.82, 2.24) is 4.90 Å². The van der Waals surface area contributed by atoms with Crippen LogP contribution in [0.2, 0.25) is 0 Å². The average Bonchev–Trinajstić information content (AvgIpc) is 2.71. The van der Waals surface area contributed by atoms with Crippen molar-refractivity contribution in [1.29, 1.82) is 0 Å². The smallest absolute Gasteiger partial charge is 0.342 e. The van der Waals surface area contributed by atoms with Gasteiger partial charge in [-0.1, -0.05) is 17.7 Å². The Bertz CT molecular complexity index is 879. The summed E-state index contributed by atoms with van der Waals surface area (Å²) in [6.45, 7) is 2.91. The molecule has 7 heteroatoms. The lowest BCUT2D eigenvalue weighted by Crippen LogP contribution is -2.31. The molecule has 0 unspecified atom stereocenters. The highest BCUT2D eigenvalue weighted by Crippen LogP contribution is 2.31.